The maximum atomic E-state index is 13.3. The Kier molecular flexibility index (Phi) is 4.90. The Bertz CT molecular complexity index is 454. The molecule has 1 N–H and O–H groups in total. The van der Waals surface area contributed by atoms with Gasteiger partial charge in [-0.3, -0.25) is 0 Å². The van der Waals surface area contributed by atoms with E-state index in [1.807, 2.05) is 24.7 Å². The first-order chi connectivity index (χ1) is 8.86. The fraction of sp³-hybridized carbons (Fsp3) is 0.357. The van der Waals surface area contributed by atoms with Gasteiger partial charge in [-0.2, -0.15) is 0 Å². The molecule has 0 fully saturated rings. The average molecular weight is 247 g/mol. The second kappa shape index (κ2) is 6.91. The smallest absolute Gasteiger partial charge is 0.127 e. The molecule has 96 valence electrons. The number of aromatic nitrogens is 2. The normalized spacial score (nSPS) is 10.7. The number of nitrogens with zero attached hydrogens (tertiary/aromatic N) is 2. The summed E-state index contributed by atoms with van der Waals surface area (Å²) >= 11 is 0. The first-order valence-electron chi connectivity index (χ1n) is 6.26. The number of hydrogen-bond acceptors (Lipinski definition) is 2. The van der Waals surface area contributed by atoms with Crippen LogP contribution < -0.4 is 5.32 Å². The zero-order chi connectivity index (χ0) is 12.6. The summed E-state index contributed by atoms with van der Waals surface area (Å²) in [6.07, 6.45) is 7.75. The molecule has 0 aliphatic heterocycles. The molecule has 0 aliphatic rings. The molecule has 1 aromatic carbocycles. The molecule has 0 unspecified atom stereocenters. The van der Waals surface area contributed by atoms with Crippen LogP contribution in [0.15, 0.2) is 43.0 Å². The standard InChI is InChI=1S/C14H18FN3/c15-14-6-2-1-5-13(14)11-16-7-3-4-9-18-10-8-17-12-18/h1-2,5-6,8,10,12,16H,3-4,7,9,11H2. The molecular formula is C14H18FN3. The van der Waals surface area contributed by atoms with Gasteiger partial charge in [-0.1, -0.05) is 18.2 Å². The number of benzene rings is 1. The zero-order valence-corrected chi connectivity index (χ0v) is 10.3. The van der Waals surface area contributed by atoms with Crippen LogP contribution in [0.1, 0.15) is 18.4 Å². The van der Waals surface area contributed by atoms with Gasteiger partial charge in [0.15, 0.2) is 0 Å². The van der Waals surface area contributed by atoms with Crippen molar-refractivity contribution < 1.29 is 4.39 Å². The molecular weight excluding hydrogens is 229 g/mol. The van der Waals surface area contributed by atoms with Gasteiger partial charge in [-0.05, 0) is 25.5 Å². The van der Waals surface area contributed by atoms with Crippen LogP contribution in [-0.4, -0.2) is 16.1 Å². The number of unbranched alkanes of at least 4 members (excludes halogenated alkanes) is 1. The Morgan fingerprint density at radius 3 is 2.89 bits per heavy atom. The molecule has 2 rings (SSSR count). The lowest BCUT2D eigenvalue weighted by atomic mass is 10.2. The number of aryl methyl sites for hydroxylation is 1. The first-order valence-corrected chi connectivity index (χ1v) is 6.26. The maximum Gasteiger partial charge on any atom is 0.127 e. The lowest BCUT2D eigenvalue weighted by Crippen LogP contribution is -2.16. The van der Waals surface area contributed by atoms with E-state index in [-0.39, 0.29) is 5.82 Å². The number of rotatable bonds is 7. The Labute approximate surface area is 107 Å². The molecule has 0 saturated heterocycles. The molecule has 0 aliphatic carbocycles. The topological polar surface area (TPSA) is 29.9 Å². The molecule has 0 amide bonds. The van der Waals surface area contributed by atoms with Gasteiger partial charge in [-0.25, -0.2) is 9.37 Å². The Hall–Kier alpha value is -1.68. The van der Waals surface area contributed by atoms with Crippen LogP contribution in [0.2, 0.25) is 0 Å². The van der Waals surface area contributed by atoms with E-state index in [0.29, 0.717) is 6.54 Å². The van der Waals surface area contributed by atoms with Crippen molar-refractivity contribution in [2.24, 2.45) is 0 Å². The van der Waals surface area contributed by atoms with Gasteiger partial charge in [-0.15, -0.1) is 0 Å². The summed E-state index contributed by atoms with van der Waals surface area (Å²) in [5.41, 5.74) is 0.729. The summed E-state index contributed by atoms with van der Waals surface area (Å²) in [6, 6.07) is 6.88. The largest absolute Gasteiger partial charge is 0.337 e. The van der Waals surface area contributed by atoms with Crippen LogP contribution in [0.4, 0.5) is 4.39 Å². The molecule has 0 atom stereocenters. The van der Waals surface area contributed by atoms with Crippen molar-refractivity contribution in [3.8, 4) is 0 Å². The van der Waals surface area contributed by atoms with Gasteiger partial charge >= 0.3 is 0 Å². The SMILES string of the molecule is Fc1ccccc1CNCCCCn1ccnc1. The van der Waals surface area contributed by atoms with Gasteiger partial charge < -0.3 is 9.88 Å². The molecule has 0 bridgehead atoms. The number of nitrogens with one attached hydrogen (secondary N) is 1. The zero-order valence-electron chi connectivity index (χ0n) is 10.3. The predicted molar refractivity (Wildman–Crippen MR) is 69.6 cm³/mol. The Morgan fingerprint density at radius 1 is 1.22 bits per heavy atom. The Morgan fingerprint density at radius 2 is 2.11 bits per heavy atom. The van der Waals surface area contributed by atoms with Crippen molar-refractivity contribution in [3.05, 3.63) is 54.4 Å². The fourth-order valence-electron chi connectivity index (χ4n) is 1.83. The van der Waals surface area contributed by atoms with Gasteiger partial charge in [0.25, 0.3) is 0 Å². The van der Waals surface area contributed by atoms with Gasteiger partial charge in [0.2, 0.25) is 0 Å². The van der Waals surface area contributed by atoms with Crippen molar-refractivity contribution in [3.63, 3.8) is 0 Å². The lowest BCUT2D eigenvalue weighted by Gasteiger charge is -2.06. The van der Waals surface area contributed by atoms with Gasteiger partial charge in [0.1, 0.15) is 5.82 Å². The van der Waals surface area contributed by atoms with Crippen LogP contribution in [-0.2, 0) is 13.1 Å². The molecule has 3 nitrogen and oxygen atoms in total. The van der Waals surface area contributed by atoms with Crippen LogP contribution in [0, 0.1) is 5.82 Å². The van der Waals surface area contributed by atoms with Crippen molar-refractivity contribution in [1.29, 1.82) is 0 Å². The molecule has 2 aromatic rings. The molecule has 1 aromatic heterocycles. The van der Waals surface area contributed by atoms with Crippen molar-refractivity contribution >= 4 is 0 Å². The minimum Gasteiger partial charge on any atom is -0.337 e. The number of halogens is 1. The molecule has 18 heavy (non-hydrogen) atoms. The van der Waals surface area contributed by atoms with E-state index >= 15 is 0 Å². The monoisotopic (exact) mass is 247 g/mol. The second-order valence-corrected chi connectivity index (χ2v) is 4.28. The quantitative estimate of drug-likeness (QED) is 0.762. The van der Waals surface area contributed by atoms with Crippen LogP contribution in [0.25, 0.3) is 0 Å². The van der Waals surface area contributed by atoms with Crippen LogP contribution in [0.5, 0.6) is 0 Å². The van der Waals surface area contributed by atoms with Crippen molar-refractivity contribution in [1.82, 2.24) is 14.9 Å². The van der Waals surface area contributed by atoms with Crippen molar-refractivity contribution in [2.75, 3.05) is 6.54 Å². The molecule has 0 saturated carbocycles. The van der Waals surface area contributed by atoms with Gasteiger partial charge in [0, 0.05) is 31.0 Å². The minimum atomic E-state index is -0.136. The summed E-state index contributed by atoms with van der Waals surface area (Å²) in [5, 5.41) is 3.26. The van der Waals surface area contributed by atoms with E-state index in [0.717, 1.165) is 31.5 Å². The highest BCUT2D eigenvalue weighted by Crippen LogP contribution is 2.05. The minimum absolute atomic E-state index is 0.136. The van der Waals surface area contributed by atoms with E-state index in [9.17, 15) is 4.39 Å². The second-order valence-electron chi connectivity index (χ2n) is 4.28. The summed E-state index contributed by atoms with van der Waals surface area (Å²) in [6.45, 7) is 2.49. The lowest BCUT2D eigenvalue weighted by molar-refractivity contribution is 0.552. The van der Waals surface area contributed by atoms with E-state index in [4.69, 9.17) is 0 Å². The first kappa shape index (κ1) is 12.8. The van der Waals surface area contributed by atoms with Crippen LogP contribution >= 0.6 is 0 Å². The summed E-state index contributed by atoms with van der Waals surface area (Å²) in [4.78, 5) is 3.99. The summed E-state index contributed by atoms with van der Waals surface area (Å²) in [7, 11) is 0. The van der Waals surface area contributed by atoms with Crippen molar-refractivity contribution in [2.45, 2.75) is 25.9 Å². The fourth-order valence-corrected chi connectivity index (χ4v) is 1.83. The maximum absolute atomic E-state index is 13.3. The third-order valence-electron chi connectivity index (χ3n) is 2.85. The molecule has 1 heterocycles. The van der Waals surface area contributed by atoms with E-state index in [1.165, 1.54) is 6.07 Å². The number of imidazole rings is 1. The molecule has 0 spiro atoms. The third-order valence-corrected chi connectivity index (χ3v) is 2.85. The average Bonchev–Trinajstić information content (AvgIpc) is 2.89. The third kappa shape index (κ3) is 3.96. The van der Waals surface area contributed by atoms with Crippen LogP contribution in [0.3, 0.4) is 0 Å². The summed E-state index contributed by atoms with van der Waals surface area (Å²) in [5.74, 6) is -0.136. The van der Waals surface area contributed by atoms with E-state index in [2.05, 4.69) is 14.9 Å². The molecule has 4 heteroatoms. The predicted octanol–water partition coefficient (Wildman–Crippen LogP) is 2.59. The highest BCUT2D eigenvalue weighted by molar-refractivity contribution is 5.16. The Balaban J connectivity index is 1.58. The highest BCUT2D eigenvalue weighted by atomic mass is 19.1. The van der Waals surface area contributed by atoms with E-state index in [1.54, 1.807) is 12.3 Å². The molecule has 0 radical (unpaired) electrons. The van der Waals surface area contributed by atoms with Gasteiger partial charge in [0.05, 0.1) is 6.33 Å². The van der Waals surface area contributed by atoms with E-state index < -0.39 is 0 Å². The summed E-state index contributed by atoms with van der Waals surface area (Å²) < 4.78 is 15.4. The number of hydrogen-bond donors (Lipinski definition) is 1. The highest BCUT2D eigenvalue weighted by Gasteiger charge is 1.99.